The fraction of sp³-hybridized carbons (Fsp3) is 0.727. The molecule has 0 amide bonds. The van der Waals surface area contributed by atoms with Gasteiger partial charge in [-0.2, -0.15) is 11.8 Å². The molecule has 0 heterocycles. The molecular weight excluding hydrogens is 306 g/mol. The number of thioether (sulfide) groups is 1. The molecular formula is C11H19NO8S. The summed E-state index contributed by atoms with van der Waals surface area (Å²) >= 11 is 1.19. The molecule has 0 saturated carbocycles. The lowest BCUT2D eigenvalue weighted by molar-refractivity contribution is -0.149. The van der Waals surface area contributed by atoms with Crippen LogP contribution in [0.4, 0.5) is 0 Å². The zero-order chi connectivity index (χ0) is 16.4. The van der Waals surface area contributed by atoms with Crippen molar-refractivity contribution in [2.45, 2.75) is 18.6 Å². The molecule has 122 valence electrons. The summed E-state index contributed by atoms with van der Waals surface area (Å²) in [7, 11) is 0. The summed E-state index contributed by atoms with van der Waals surface area (Å²) in [5.41, 5.74) is 0. The van der Waals surface area contributed by atoms with Gasteiger partial charge in [0, 0.05) is 5.75 Å². The summed E-state index contributed by atoms with van der Waals surface area (Å²) in [6.07, 6.45) is -0.883. The molecule has 10 heteroatoms. The molecule has 5 N–H and O–H groups in total. The van der Waals surface area contributed by atoms with Crippen LogP contribution in [-0.4, -0.2) is 91.7 Å². The van der Waals surface area contributed by atoms with Gasteiger partial charge in [0.1, 0.15) is 6.04 Å². The predicted octanol–water partition coefficient (Wildman–Crippen LogP) is -1.61. The van der Waals surface area contributed by atoms with E-state index in [0.29, 0.717) is 0 Å². The van der Waals surface area contributed by atoms with Crippen molar-refractivity contribution in [1.82, 2.24) is 4.90 Å². The maximum Gasteiger partial charge on any atom is 0.320 e. The van der Waals surface area contributed by atoms with Crippen LogP contribution in [0, 0.1) is 0 Å². The Hall–Kier alpha value is -1.36. The SMILES string of the molecule is O=C(O)CN(CC(=O)O)C(CCSCC(O)CO)C(=O)O. The summed E-state index contributed by atoms with van der Waals surface area (Å²) in [5, 5.41) is 44.3. The molecule has 9 nitrogen and oxygen atoms in total. The van der Waals surface area contributed by atoms with E-state index >= 15 is 0 Å². The van der Waals surface area contributed by atoms with Crippen molar-refractivity contribution in [3.05, 3.63) is 0 Å². The van der Waals surface area contributed by atoms with Crippen LogP contribution >= 0.6 is 11.8 Å². The number of carbonyl (C=O) groups is 3. The third kappa shape index (κ3) is 9.24. The minimum Gasteiger partial charge on any atom is -0.480 e. The van der Waals surface area contributed by atoms with Gasteiger partial charge in [-0.3, -0.25) is 19.3 Å². The van der Waals surface area contributed by atoms with Crippen LogP contribution in [0.3, 0.4) is 0 Å². The molecule has 0 aromatic carbocycles. The Morgan fingerprint density at radius 3 is 1.95 bits per heavy atom. The van der Waals surface area contributed by atoms with E-state index in [2.05, 4.69) is 0 Å². The second-order valence-corrected chi connectivity index (χ2v) is 5.40. The van der Waals surface area contributed by atoms with Crippen LogP contribution in [-0.2, 0) is 14.4 Å². The van der Waals surface area contributed by atoms with Crippen molar-refractivity contribution < 1.29 is 39.9 Å². The van der Waals surface area contributed by atoms with Gasteiger partial charge in [0.25, 0.3) is 0 Å². The summed E-state index contributed by atoms with van der Waals surface area (Å²) in [6, 6.07) is -1.24. The maximum atomic E-state index is 11.2. The molecule has 0 rings (SSSR count). The van der Waals surface area contributed by atoms with Gasteiger partial charge in [0.05, 0.1) is 25.8 Å². The van der Waals surface area contributed by atoms with E-state index < -0.39 is 49.8 Å². The fourth-order valence-corrected chi connectivity index (χ4v) is 2.49. The molecule has 0 aliphatic heterocycles. The Morgan fingerprint density at radius 1 is 1.05 bits per heavy atom. The Kier molecular flexibility index (Phi) is 9.71. The van der Waals surface area contributed by atoms with Gasteiger partial charge >= 0.3 is 17.9 Å². The van der Waals surface area contributed by atoms with Gasteiger partial charge in [-0.1, -0.05) is 0 Å². The number of rotatable bonds is 12. The zero-order valence-corrected chi connectivity index (χ0v) is 12.0. The molecule has 21 heavy (non-hydrogen) atoms. The summed E-state index contributed by atoms with van der Waals surface area (Å²) in [6.45, 7) is -1.78. The van der Waals surface area contributed by atoms with E-state index in [1.54, 1.807) is 0 Å². The Bertz CT molecular complexity index is 348. The van der Waals surface area contributed by atoms with E-state index in [4.69, 9.17) is 25.5 Å². The quantitative estimate of drug-likeness (QED) is 0.264. The predicted molar refractivity (Wildman–Crippen MR) is 73.3 cm³/mol. The summed E-state index contributed by atoms with van der Waals surface area (Å²) in [4.78, 5) is 33.4. The van der Waals surface area contributed by atoms with Crippen LogP contribution in [0.25, 0.3) is 0 Å². The molecule has 0 radical (unpaired) electrons. The first-order chi connectivity index (χ1) is 9.77. The Morgan fingerprint density at radius 2 is 1.57 bits per heavy atom. The number of hydrogen-bond donors (Lipinski definition) is 5. The van der Waals surface area contributed by atoms with Crippen molar-refractivity contribution in [3.8, 4) is 0 Å². The average Bonchev–Trinajstić information content (AvgIpc) is 2.35. The number of nitrogens with zero attached hydrogens (tertiary/aromatic N) is 1. The lowest BCUT2D eigenvalue weighted by Crippen LogP contribution is -2.46. The first-order valence-electron chi connectivity index (χ1n) is 6.05. The van der Waals surface area contributed by atoms with E-state index in [1.807, 2.05) is 0 Å². The topological polar surface area (TPSA) is 156 Å². The lowest BCUT2D eigenvalue weighted by atomic mass is 10.2. The number of aliphatic carboxylic acids is 3. The van der Waals surface area contributed by atoms with Crippen LogP contribution in [0.1, 0.15) is 6.42 Å². The van der Waals surface area contributed by atoms with Crippen LogP contribution in [0.2, 0.25) is 0 Å². The molecule has 0 fully saturated rings. The van der Waals surface area contributed by atoms with Crippen LogP contribution in [0.15, 0.2) is 0 Å². The fourth-order valence-electron chi connectivity index (χ4n) is 1.55. The number of carboxylic acid groups (broad SMARTS) is 3. The first-order valence-corrected chi connectivity index (χ1v) is 7.20. The number of hydrogen-bond acceptors (Lipinski definition) is 7. The highest BCUT2D eigenvalue weighted by Gasteiger charge is 2.28. The number of carboxylic acids is 3. The highest BCUT2D eigenvalue weighted by atomic mass is 32.2. The van der Waals surface area contributed by atoms with Gasteiger partial charge in [-0.05, 0) is 12.2 Å². The normalized spacial score (nSPS) is 13.9. The zero-order valence-electron chi connectivity index (χ0n) is 11.2. The van der Waals surface area contributed by atoms with Gasteiger partial charge in [0.15, 0.2) is 0 Å². The monoisotopic (exact) mass is 325 g/mol. The minimum absolute atomic E-state index is 0.0265. The molecule has 0 aliphatic rings. The third-order valence-electron chi connectivity index (χ3n) is 2.46. The molecule has 0 spiro atoms. The molecule has 0 aliphatic carbocycles. The minimum atomic E-state index is -1.31. The Labute approximate surface area is 125 Å². The van der Waals surface area contributed by atoms with Crippen molar-refractivity contribution in [2.24, 2.45) is 0 Å². The smallest absolute Gasteiger partial charge is 0.320 e. The molecule has 0 aromatic heterocycles. The standard InChI is InChI=1S/C11H19NO8S/c13-5-7(14)6-21-2-1-8(11(19)20)12(3-9(15)16)4-10(17)18/h7-8,13-14H,1-6H2,(H,15,16)(H,17,18)(H,19,20). The highest BCUT2D eigenvalue weighted by Crippen LogP contribution is 2.12. The van der Waals surface area contributed by atoms with Crippen LogP contribution < -0.4 is 0 Å². The maximum absolute atomic E-state index is 11.2. The van der Waals surface area contributed by atoms with Crippen molar-refractivity contribution in [2.75, 3.05) is 31.2 Å². The van der Waals surface area contributed by atoms with Crippen molar-refractivity contribution in [3.63, 3.8) is 0 Å². The molecule has 0 saturated heterocycles. The van der Waals surface area contributed by atoms with Gasteiger partial charge in [-0.15, -0.1) is 0 Å². The lowest BCUT2D eigenvalue weighted by Gasteiger charge is -2.25. The highest BCUT2D eigenvalue weighted by molar-refractivity contribution is 7.99. The third-order valence-corrected chi connectivity index (χ3v) is 3.60. The number of aliphatic hydroxyl groups excluding tert-OH is 2. The first kappa shape index (κ1) is 19.6. The Balaban J connectivity index is 4.55. The summed E-state index contributed by atoms with van der Waals surface area (Å²) in [5.74, 6) is -3.44. The molecule has 0 aromatic rings. The van der Waals surface area contributed by atoms with E-state index in [9.17, 15) is 14.4 Å². The molecule has 2 unspecified atom stereocenters. The van der Waals surface area contributed by atoms with Gasteiger partial charge in [0.2, 0.25) is 0 Å². The van der Waals surface area contributed by atoms with E-state index in [0.717, 1.165) is 4.90 Å². The van der Waals surface area contributed by atoms with E-state index in [-0.39, 0.29) is 17.9 Å². The summed E-state index contributed by atoms with van der Waals surface area (Å²) < 4.78 is 0. The number of aliphatic hydroxyl groups is 2. The second kappa shape index (κ2) is 10.4. The second-order valence-electron chi connectivity index (χ2n) is 4.25. The average molecular weight is 325 g/mol. The van der Waals surface area contributed by atoms with Crippen molar-refractivity contribution >= 4 is 29.7 Å². The molecule has 2 atom stereocenters. The molecule has 0 bridgehead atoms. The largest absolute Gasteiger partial charge is 0.480 e. The van der Waals surface area contributed by atoms with Gasteiger partial charge in [-0.25, -0.2) is 0 Å². The van der Waals surface area contributed by atoms with E-state index in [1.165, 1.54) is 11.8 Å². The van der Waals surface area contributed by atoms with Crippen molar-refractivity contribution in [1.29, 1.82) is 0 Å². The van der Waals surface area contributed by atoms with Gasteiger partial charge < -0.3 is 25.5 Å². The van der Waals surface area contributed by atoms with Crippen LogP contribution in [0.5, 0.6) is 0 Å².